The topological polar surface area (TPSA) is 59.4 Å². The molecule has 0 saturated heterocycles. The molecular formula is C13H10INO3. The van der Waals surface area contributed by atoms with Gasteiger partial charge in [0.1, 0.15) is 12.4 Å². The molecule has 1 aromatic heterocycles. The number of halogens is 1. The molecule has 0 aliphatic rings. The lowest BCUT2D eigenvalue weighted by Gasteiger charge is -2.08. The third kappa shape index (κ3) is 3.19. The average Bonchev–Trinajstić information content (AvgIpc) is 2.38. The van der Waals surface area contributed by atoms with E-state index in [1.165, 1.54) is 6.20 Å². The van der Waals surface area contributed by atoms with Crippen LogP contribution in [0.25, 0.3) is 0 Å². The van der Waals surface area contributed by atoms with E-state index in [9.17, 15) is 4.79 Å². The van der Waals surface area contributed by atoms with Crippen LogP contribution in [-0.4, -0.2) is 16.1 Å². The van der Waals surface area contributed by atoms with E-state index >= 15 is 0 Å². The van der Waals surface area contributed by atoms with Gasteiger partial charge in [-0.2, -0.15) is 0 Å². The van der Waals surface area contributed by atoms with Gasteiger partial charge in [0.15, 0.2) is 5.69 Å². The predicted molar refractivity (Wildman–Crippen MR) is 74.7 cm³/mol. The molecule has 5 heteroatoms. The van der Waals surface area contributed by atoms with Gasteiger partial charge in [0.25, 0.3) is 0 Å². The zero-order valence-corrected chi connectivity index (χ0v) is 11.5. The number of carboxylic acids is 1. The SMILES string of the molecule is O=C(O)c1ncccc1COc1ccc(I)cc1. The summed E-state index contributed by atoms with van der Waals surface area (Å²) in [6, 6.07) is 10.9. The first kappa shape index (κ1) is 12.8. The second kappa shape index (κ2) is 5.81. The van der Waals surface area contributed by atoms with Gasteiger partial charge in [-0.25, -0.2) is 9.78 Å². The molecule has 1 aromatic carbocycles. The van der Waals surface area contributed by atoms with Crippen molar-refractivity contribution in [2.24, 2.45) is 0 Å². The fourth-order valence-electron chi connectivity index (χ4n) is 1.44. The van der Waals surface area contributed by atoms with E-state index in [0.29, 0.717) is 11.3 Å². The molecule has 0 amide bonds. The molecule has 0 atom stereocenters. The van der Waals surface area contributed by atoms with Crippen LogP contribution in [0.3, 0.4) is 0 Å². The number of hydrogen-bond acceptors (Lipinski definition) is 3. The summed E-state index contributed by atoms with van der Waals surface area (Å²) in [5.74, 6) is -0.340. The molecule has 2 rings (SSSR count). The lowest BCUT2D eigenvalue weighted by molar-refractivity contribution is 0.0687. The monoisotopic (exact) mass is 355 g/mol. The largest absolute Gasteiger partial charge is 0.489 e. The molecule has 0 unspecified atom stereocenters. The highest BCUT2D eigenvalue weighted by Crippen LogP contribution is 2.16. The first-order chi connectivity index (χ1) is 8.66. The minimum Gasteiger partial charge on any atom is -0.489 e. The van der Waals surface area contributed by atoms with Gasteiger partial charge in [0, 0.05) is 15.3 Å². The Labute approximate surface area is 118 Å². The lowest BCUT2D eigenvalue weighted by atomic mass is 10.2. The first-order valence-corrected chi connectivity index (χ1v) is 6.30. The maximum atomic E-state index is 11.0. The summed E-state index contributed by atoms with van der Waals surface area (Å²) >= 11 is 2.21. The first-order valence-electron chi connectivity index (χ1n) is 5.22. The van der Waals surface area contributed by atoms with Gasteiger partial charge in [-0.05, 0) is 52.9 Å². The predicted octanol–water partition coefficient (Wildman–Crippen LogP) is 2.96. The molecule has 0 fully saturated rings. The lowest BCUT2D eigenvalue weighted by Crippen LogP contribution is -2.07. The second-order valence-corrected chi connectivity index (χ2v) is 4.80. The van der Waals surface area contributed by atoms with E-state index in [-0.39, 0.29) is 12.3 Å². The van der Waals surface area contributed by atoms with Crippen molar-refractivity contribution in [1.29, 1.82) is 0 Å². The quantitative estimate of drug-likeness (QED) is 0.857. The normalized spacial score (nSPS) is 10.1. The van der Waals surface area contributed by atoms with Crippen molar-refractivity contribution in [3.8, 4) is 5.75 Å². The molecule has 0 spiro atoms. The van der Waals surface area contributed by atoms with E-state index < -0.39 is 5.97 Å². The van der Waals surface area contributed by atoms with Crippen LogP contribution >= 0.6 is 22.6 Å². The summed E-state index contributed by atoms with van der Waals surface area (Å²) in [5.41, 5.74) is 0.589. The Hall–Kier alpha value is -1.63. The maximum absolute atomic E-state index is 11.0. The fourth-order valence-corrected chi connectivity index (χ4v) is 1.80. The molecular weight excluding hydrogens is 345 g/mol. The van der Waals surface area contributed by atoms with Gasteiger partial charge >= 0.3 is 5.97 Å². The molecule has 0 saturated carbocycles. The van der Waals surface area contributed by atoms with Gasteiger partial charge in [-0.3, -0.25) is 0 Å². The Morgan fingerprint density at radius 2 is 2.00 bits per heavy atom. The zero-order chi connectivity index (χ0) is 13.0. The van der Waals surface area contributed by atoms with Crippen molar-refractivity contribution in [2.75, 3.05) is 0 Å². The standard InChI is InChI=1S/C13H10INO3/c14-10-3-5-11(6-4-10)18-8-9-2-1-7-15-12(9)13(16)17/h1-7H,8H2,(H,16,17). The number of hydrogen-bond donors (Lipinski definition) is 1. The number of nitrogens with zero attached hydrogens (tertiary/aromatic N) is 1. The van der Waals surface area contributed by atoms with Gasteiger partial charge in [0.2, 0.25) is 0 Å². The third-order valence-electron chi connectivity index (χ3n) is 2.30. The van der Waals surface area contributed by atoms with E-state index in [0.717, 1.165) is 3.57 Å². The van der Waals surface area contributed by atoms with Gasteiger partial charge in [0.05, 0.1) is 0 Å². The zero-order valence-electron chi connectivity index (χ0n) is 9.34. The Morgan fingerprint density at radius 1 is 1.28 bits per heavy atom. The summed E-state index contributed by atoms with van der Waals surface area (Å²) in [5, 5.41) is 8.98. The second-order valence-electron chi connectivity index (χ2n) is 3.56. The molecule has 92 valence electrons. The van der Waals surface area contributed by atoms with Crippen molar-refractivity contribution in [3.63, 3.8) is 0 Å². The number of carboxylic acid groups (broad SMARTS) is 1. The molecule has 0 radical (unpaired) electrons. The van der Waals surface area contributed by atoms with Crippen LogP contribution < -0.4 is 4.74 Å². The number of aromatic nitrogens is 1. The van der Waals surface area contributed by atoms with Crippen molar-refractivity contribution >= 4 is 28.6 Å². The summed E-state index contributed by atoms with van der Waals surface area (Å²) in [6.07, 6.45) is 1.46. The van der Waals surface area contributed by atoms with Crippen LogP contribution in [0.2, 0.25) is 0 Å². The minimum absolute atomic E-state index is 0.0306. The molecule has 1 heterocycles. The Bertz CT molecular complexity index is 554. The van der Waals surface area contributed by atoms with Crippen molar-refractivity contribution < 1.29 is 14.6 Å². The molecule has 1 N–H and O–H groups in total. The van der Waals surface area contributed by atoms with Crippen molar-refractivity contribution in [1.82, 2.24) is 4.98 Å². The number of benzene rings is 1. The van der Waals surface area contributed by atoms with Crippen molar-refractivity contribution in [3.05, 3.63) is 57.4 Å². The van der Waals surface area contributed by atoms with Crippen LogP contribution in [0.1, 0.15) is 16.1 Å². The number of ether oxygens (including phenoxy) is 1. The highest BCUT2D eigenvalue weighted by molar-refractivity contribution is 14.1. The van der Waals surface area contributed by atoms with Gasteiger partial charge in [-0.1, -0.05) is 6.07 Å². The molecule has 0 aliphatic carbocycles. The highest BCUT2D eigenvalue weighted by atomic mass is 127. The number of carbonyl (C=O) groups is 1. The van der Waals surface area contributed by atoms with Crippen LogP contribution in [0.15, 0.2) is 42.6 Å². The van der Waals surface area contributed by atoms with E-state index in [4.69, 9.17) is 9.84 Å². The third-order valence-corrected chi connectivity index (χ3v) is 3.02. The molecule has 4 nitrogen and oxygen atoms in total. The average molecular weight is 355 g/mol. The minimum atomic E-state index is -1.04. The van der Waals surface area contributed by atoms with Crippen LogP contribution in [0.4, 0.5) is 0 Å². The van der Waals surface area contributed by atoms with E-state index in [1.54, 1.807) is 12.1 Å². The smallest absolute Gasteiger partial charge is 0.354 e. The van der Waals surface area contributed by atoms with Gasteiger partial charge in [-0.15, -0.1) is 0 Å². The fraction of sp³-hybridized carbons (Fsp3) is 0.0769. The summed E-state index contributed by atoms with van der Waals surface area (Å²) in [7, 11) is 0. The summed E-state index contributed by atoms with van der Waals surface area (Å²) in [6.45, 7) is 0.191. The Balaban J connectivity index is 2.10. The maximum Gasteiger partial charge on any atom is 0.354 e. The molecule has 18 heavy (non-hydrogen) atoms. The van der Waals surface area contributed by atoms with Crippen LogP contribution in [-0.2, 0) is 6.61 Å². The number of rotatable bonds is 4. The van der Waals surface area contributed by atoms with Crippen molar-refractivity contribution in [2.45, 2.75) is 6.61 Å². The number of pyridine rings is 1. The molecule has 2 aromatic rings. The Kier molecular flexibility index (Phi) is 4.14. The molecule has 0 aliphatic heterocycles. The van der Waals surface area contributed by atoms with Crippen LogP contribution in [0, 0.1) is 3.57 Å². The Morgan fingerprint density at radius 3 is 2.67 bits per heavy atom. The van der Waals surface area contributed by atoms with E-state index in [2.05, 4.69) is 27.6 Å². The van der Waals surface area contributed by atoms with Gasteiger partial charge < -0.3 is 9.84 Å². The number of aromatic carboxylic acids is 1. The molecule has 0 bridgehead atoms. The highest BCUT2D eigenvalue weighted by Gasteiger charge is 2.11. The summed E-state index contributed by atoms with van der Waals surface area (Å²) in [4.78, 5) is 14.8. The van der Waals surface area contributed by atoms with Crippen LogP contribution in [0.5, 0.6) is 5.75 Å². The van der Waals surface area contributed by atoms with E-state index in [1.807, 2.05) is 24.3 Å². The summed E-state index contributed by atoms with van der Waals surface area (Å²) < 4.78 is 6.65.